The minimum atomic E-state index is -3.05. The van der Waals surface area contributed by atoms with Crippen LogP contribution in [0, 0.1) is 5.92 Å². The van der Waals surface area contributed by atoms with E-state index in [0.29, 0.717) is 18.2 Å². The summed E-state index contributed by atoms with van der Waals surface area (Å²) in [7, 11) is -3.05. The molecule has 0 aromatic carbocycles. The first kappa shape index (κ1) is 12.3. The molecule has 1 fully saturated rings. The summed E-state index contributed by atoms with van der Waals surface area (Å²) in [6, 6.07) is 0.186. The minimum Gasteiger partial charge on any atom is -0.212 e. The molecule has 1 rings (SSSR count). The molecule has 0 amide bonds. The molecule has 1 aliphatic carbocycles. The van der Waals surface area contributed by atoms with Crippen molar-refractivity contribution in [3.05, 3.63) is 0 Å². The number of hydrogen-bond acceptors (Lipinski definition) is 2. The number of hydrogen-bond donors (Lipinski definition) is 1. The zero-order valence-electron chi connectivity index (χ0n) is 8.50. The van der Waals surface area contributed by atoms with E-state index in [1.165, 1.54) is 0 Å². The molecule has 0 atom stereocenters. The monoisotopic (exact) mass is 239 g/mol. The Balaban J connectivity index is 2.21. The summed E-state index contributed by atoms with van der Waals surface area (Å²) in [5, 5.41) is 0. The average molecular weight is 240 g/mol. The summed E-state index contributed by atoms with van der Waals surface area (Å²) in [6.07, 6.45) is 3.38. The second-order valence-electron chi connectivity index (χ2n) is 4.11. The number of halogens is 1. The molecule has 0 aromatic heterocycles. The highest BCUT2D eigenvalue weighted by Gasteiger charge is 2.28. The van der Waals surface area contributed by atoms with Gasteiger partial charge in [0, 0.05) is 11.9 Å². The van der Waals surface area contributed by atoms with Crippen LogP contribution in [0.4, 0.5) is 0 Å². The summed E-state index contributed by atoms with van der Waals surface area (Å²) >= 11 is 5.48. The molecular formula is C9H18ClNO2S. The molecule has 1 saturated carbocycles. The molecule has 1 aliphatic rings. The number of unbranched alkanes of at least 4 members (excludes halogenated alkanes) is 1. The molecule has 1 N–H and O–H groups in total. The van der Waals surface area contributed by atoms with E-state index in [1.807, 2.05) is 0 Å². The van der Waals surface area contributed by atoms with Gasteiger partial charge in [-0.05, 0) is 31.6 Å². The van der Waals surface area contributed by atoms with E-state index in [4.69, 9.17) is 11.6 Å². The molecule has 0 radical (unpaired) electrons. The SMILES string of the molecule is CC1CC(NS(=O)(=O)CCCCCl)C1. The fraction of sp³-hybridized carbons (Fsp3) is 1.00. The molecule has 84 valence electrons. The van der Waals surface area contributed by atoms with Crippen LogP contribution in [0.25, 0.3) is 0 Å². The van der Waals surface area contributed by atoms with Crippen molar-refractivity contribution >= 4 is 21.6 Å². The summed E-state index contributed by atoms with van der Waals surface area (Å²) in [5.41, 5.74) is 0. The lowest BCUT2D eigenvalue weighted by Gasteiger charge is -2.32. The highest BCUT2D eigenvalue weighted by atomic mass is 35.5. The first-order valence-electron chi connectivity index (χ1n) is 5.09. The zero-order chi connectivity index (χ0) is 10.6. The lowest BCUT2D eigenvalue weighted by atomic mass is 9.83. The van der Waals surface area contributed by atoms with E-state index < -0.39 is 10.0 Å². The van der Waals surface area contributed by atoms with Crippen LogP contribution < -0.4 is 4.72 Å². The van der Waals surface area contributed by atoms with Gasteiger partial charge in [-0.2, -0.15) is 0 Å². The van der Waals surface area contributed by atoms with E-state index in [2.05, 4.69) is 11.6 Å². The third-order valence-electron chi connectivity index (χ3n) is 2.52. The standard InChI is InChI=1S/C9H18ClNO2S/c1-8-6-9(7-8)11-14(12,13)5-3-2-4-10/h8-9,11H,2-7H2,1H3. The predicted octanol–water partition coefficient (Wildman–Crippen LogP) is 1.72. The smallest absolute Gasteiger partial charge is 0.211 e. The van der Waals surface area contributed by atoms with Crippen LogP contribution >= 0.6 is 11.6 Å². The van der Waals surface area contributed by atoms with Gasteiger partial charge in [0.15, 0.2) is 0 Å². The van der Waals surface area contributed by atoms with Crippen LogP contribution in [0.3, 0.4) is 0 Å². The van der Waals surface area contributed by atoms with E-state index >= 15 is 0 Å². The Morgan fingerprint density at radius 3 is 2.50 bits per heavy atom. The maximum absolute atomic E-state index is 11.5. The fourth-order valence-electron chi connectivity index (χ4n) is 1.70. The van der Waals surface area contributed by atoms with E-state index in [1.54, 1.807) is 0 Å². The molecule has 3 nitrogen and oxygen atoms in total. The third-order valence-corrected chi connectivity index (χ3v) is 4.30. The van der Waals surface area contributed by atoms with Crippen molar-refractivity contribution in [1.82, 2.24) is 4.72 Å². The fourth-order valence-corrected chi connectivity index (χ4v) is 3.29. The van der Waals surface area contributed by atoms with Crippen LogP contribution in [0.15, 0.2) is 0 Å². The lowest BCUT2D eigenvalue weighted by molar-refractivity contribution is 0.270. The summed E-state index contributed by atoms with van der Waals surface area (Å²) in [5.74, 6) is 1.42. The largest absolute Gasteiger partial charge is 0.212 e. The Morgan fingerprint density at radius 1 is 1.36 bits per heavy atom. The zero-order valence-corrected chi connectivity index (χ0v) is 10.1. The number of sulfonamides is 1. The van der Waals surface area contributed by atoms with Gasteiger partial charge in [-0.3, -0.25) is 0 Å². The average Bonchev–Trinajstić information content (AvgIpc) is 2.01. The molecule has 0 bridgehead atoms. The maximum Gasteiger partial charge on any atom is 0.211 e. The van der Waals surface area contributed by atoms with E-state index in [-0.39, 0.29) is 11.8 Å². The first-order valence-corrected chi connectivity index (χ1v) is 7.28. The number of rotatable bonds is 6. The van der Waals surface area contributed by atoms with Gasteiger partial charge in [-0.15, -0.1) is 11.6 Å². The Bertz CT molecular complexity index is 260. The van der Waals surface area contributed by atoms with E-state index in [9.17, 15) is 8.42 Å². The van der Waals surface area contributed by atoms with Crippen molar-refractivity contribution in [3.63, 3.8) is 0 Å². The molecular weight excluding hydrogens is 222 g/mol. The highest BCUT2D eigenvalue weighted by Crippen LogP contribution is 2.26. The van der Waals surface area contributed by atoms with Gasteiger partial charge in [0.05, 0.1) is 5.75 Å². The van der Waals surface area contributed by atoms with Gasteiger partial charge in [0.25, 0.3) is 0 Å². The van der Waals surface area contributed by atoms with Gasteiger partial charge in [0.1, 0.15) is 0 Å². The van der Waals surface area contributed by atoms with Crippen LogP contribution in [-0.2, 0) is 10.0 Å². The first-order chi connectivity index (χ1) is 6.53. The van der Waals surface area contributed by atoms with Crippen LogP contribution in [-0.4, -0.2) is 26.1 Å². The van der Waals surface area contributed by atoms with Crippen LogP contribution in [0.5, 0.6) is 0 Å². The summed E-state index contributed by atoms with van der Waals surface area (Å²) in [6.45, 7) is 2.14. The van der Waals surface area contributed by atoms with E-state index in [0.717, 1.165) is 19.3 Å². The van der Waals surface area contributed by atoms with Gasteiger partial charge < -0.3 is 0 Å². The Labute approximate surface area is 91.3 Å². The molecule has 0 aliphatic heterocycles. The number of alkyl halides is 1. The van der Waals surface area contributed by atoms with Gasteiger partial charge in [0.2, 0.25) is 10.0 Å². The van der Waals surface area contributed by atoms with Crippen molar-refractivity contribution < 1.29 is 8.42 Å². The van der Waals surface area contributed by atoms with Crippen molar-refractivity contribution in [1.29, 1.82) is 0 Å². The quantitative estimate of drug-likeness (QED) is 0.567. The van der Waals surface area contributed by atoms with Crippen molar-refractivity contribution in [3.8, 4) is 0 Å². The highest BCUT2D eigenvalue weighted by molar-refractivity contribution is 7.89. The molecule has 0 aromatic rings. The Hall–Kier alpha value is 0.200. The maximum atomic E-state index is 11.5. The summed E-state index contributed by atoms with van der Waals surface area (Å²) in [4.78, 5) is 0. The molecule has 0 unspecified atom stereocenters. The normalized spacial score (nSPS) is 27.3. The van der Waals surface area contributed by atoms with Crippen molar-refractivity contribution in [2.45, 2.75) is 38.6 Å². The lowest BCUT2D eigenvalue weighted by Crippen LogP contribution is -2.44. The predicted molar refractivity (Wildman–Crippen MR) is 59.1 cm³/mol. The Kier molecular flexibility index (Phi) is 4.67. The number of nitrogens with one attached hydrogen (secondary N) is 1. The third kappa shape index (κ3) is 4.15. The minimum absolute atomic E-state index is 0.186. The Morgan fingerprint density at radius 2 is 2.00 bits per heavy atom. The van der Waals surface area contributed by atoms with Gasteiger partial charge in [-0.25, -0.2) is 13.1 Å². The van der Waals surface area contributed by atoms with Crippen molar-refractivity contribution in [2.24, 2.45) is 5.92 Å². The molecule has 5 heteroatoms. The van der Waals surface area contributed by atoms with Gasteiger partial charge in [-0.1, -0.05) is 6.92 Å². The molecule has 0 saturated heterocycles. The molecule has 0 heterocycles. The van der Waals surface area contributed by atoms with Crippen molar-refractivity contribution in [2.75, 3.05) is 11.6 Å². The second-order valence-corrected chi connectivity index (χ2v) is 6.36. The second kappa shape index (κ2) is 5.33. The summed E-state index contributed by atoms with van der Waals surface area (Å²) < 4.78 is 25.6. The van der Waals surface area contributed by atoms with Gasteiger partial charge >= 0.3 is 0 Å². The van der Waals surface area contributed by atoms with Crippen LogP contribution in [0.2, 0.25) is 0 Å². The topological polar surface area (TPSA) is 46.2 Å². The molecule has 14 heavy (non-hydrogen) atoms. The van der Waals surface area contributed by atoms with Crippen LogP contribution in [0.1, 0.15) is 32.6 Å². The molecule has 0 spiro atoms.